The molecule has 0 bridgehead atoms. The molecule has 1 heterocycles. The summed E-state index contributed by atoms with van der Waals surface area (Å²) in [5, 5.41) is 8.94. The van der Waals surface area contributed by atoms with Crippen LogP contribution in [0.4, 0.5) is 19.0 Å². The zero-order chi connectivity index (χ0) is 13.9. The number of rotatable bonds is 4. The van der Waals surface area contributed by atoms with Gasteiger partial charge in [-0.25, -0.2) is 4.98 Å². The lowest BCUT2D eigenvalue weighted by Gasteiger charge is -2.29. The van der Waals surface area contributed by atoms with Crippen molar-refractivity contribution in [3.63, 3.8) is 0 Å². The highest BCUT2D eigenvalue weighted by atomic mass is 79.9. The van der Waals surface area contributed by atoms with E-state index < -0.39 is 11.7 Å². The molecule has 0 fully saturated rings. The molecule has 18 heavy (non-hydrogen) atoms. The highest BCUT2D eigenvalue weighted by Gasteiger charge is 2.36. The molecule has 7 heteroatoms. The molecule has 0 aliphatic carbocycles. The fraction of sp³-hybridized carbons (Fsp3) is 0.545. The second-order valence-corrected chi connectivity index (χ2v) is 4.95. The Labute approximate surface area is 112 Å². The normalized spacial score (nSPS) is 12.0. The second-order valence-electron chi connectivity index (χ2n) is 4.03. The third-order valence-corrected chi connectivity index (χ3v) is 2.81. The van der Waals surface area contributed by atoms with Crippen molar-refractivity contribution < 1.29 is 18.3 Å². The molecule has 1 N–H and O–H groups in total. The predicted octanol–water partition coefficient (Wildman–Crippen LogP) is 3.07. The number of nitrogens with zero attached hydrogens (tertiary/aromatic N) is 2. The van der Waals surface area contributed by atoms with Crippen LogP contribution in [0.5, 0.6) is 0 Å². The topological polar surface area (TPSA) is 36.4 Å². The van der Waals surface area contributed by atoms with Crippen LogP contribution in [-0.2, 0) is 6.18 Å². The van der Waals surface area contributed by atoms with Crippen molar-refractivity contribution in [1.29, 1.82) is 0 Å². The number of anilines is 1. The lowest BCUT2D eigenvalue weighted by Crippen LogP contribution is -2.35. The van der Waals surface area contributed by atoms with Crippen molar-refractivity contribution in [3.8, 4) is 0 Å². The van der Waals surface area contributed by atoms with Gasteiger partial charge in [-0.2, -0.15) is 13.2 Å². The zero-order valence-electron chi connectivity index (χ0n) is 10.00. The van der Waals surface area contributed by atoms with Gasteiger partial charge in [-0.15, -0.1) is 0 Å². The maximum Gasteiger partial charge on any atom is 0.419 e. The van der Waals surface area contributed by atoms with Crippen LogP contribution in [0.1, 0.15) is 19.4 Å². The second kappa shape index (κ2) is 5.88. The molecule has 1 rings (SSSR count). The summed E-state index contributed by atoms with van der Waals surface area (Å²) in [5.74, 6) is -0.158. The first kappa shape index (κ1) is 15.2. The van der Waals surface area contributed by atoms with Crippen molar-refractivity contribution in [2.45, 2.75) is 26.1 Å². The van der Waals surface area contributed by atoms with Crippen LogP contribution >= 0.6 is 15.9 Å². The van der Waals surface area contributed by atoms with Crippen LogP contribution in [0.25, 0.3) is 0 Å². The monoisotopic (exact) mass is 326 g/mol. The Morgan fingerprint density at radius 3 is 2.50 bits per heavy atom. The number of pyridine rings is 1. The van der Waals surface area contributed by atoms with Crippen molar-refractivity contribution in [1.82, 2.24) is 4.98 Å². The van der Waals surface area contributed by atoms with Crippen LogP contribution in [0.3, 0.4) is 0 Å². The summed E-state index contributed by atoms with van der Waals surface area (Å²) in [6, 6.07) is 0.807. The first-order valence-electron chi connectivity index (χ1n) is 5.37. The minimum absolute atomic E-state index is 0.107. The quantitative estimate of drug-likeness (QED) is 0.923. The lowest BCUT2D eigenvalue weighted by atomic mass is 10.2. The van der Waals surface area contributed by atoms with Gasteiger partial charge in [0, 0.05) is 23.3 Å². The summed E-state index contributed by atoms with van der Waals surface area (Å²) in [4.78, 5) is 5.26. The van der Waals surface area contributed by atoms with E-state index >= 15 is 0 Å². The Kier molecular flexibility index (Phi) is 4.98. The van der Waals surface area contributed by atoms with E-state index in [9.17, 15) is 13.2 Å². The lowest BCUT2D eigenvalue weighted by molar-refractivity contribution is -0.137. The fourth-order valence-electron chi connectivity index (χ4n) is 1.59. The number of halogens is 4. The van der Waals surface area contributed by atoms with Crippen LogP contribution in [0.2, 0.25) is 0 Å². The smallest absolute Gasteiger partial charge is 0.395 e. The number of hydrogen-bond acceptors (Lipinski definition) is 3. The Balaban J connectivity index is 3.29. The summed E-state index contributed by atoms with van der Waals surface area (Å²) in [5.41, 5.74) is -0.806. The average Bonchev–Trinajstić information content (AvgIpc) is 2.24. The van der Waals surface area contributed by atoms with Gasteiger partial charge in [0.15, 0.2) is 0 Å². The van der Waals surface area contributed by atoms with E-state index in [0.717, 1.165) is 6.07 Å². The number of aromatic nitrogens is 1. The van der Waals surface area contributed by atoms with Gasteiger partial charge in [0.25, 0.3) is 0 Å². The summed E-state index contributed by atoms with van der Waals surface area (Å²) in [6.45, 7) is 3.38. The van der Waals surface area contributed by atoms with Crippen molar-refractivity contribution >= 4 is 21.7 Å². The molecule has 0 aliphatic rings. The van der Waals surface area contributed by atoms with Gasteiger partial charge >= 0.3 is 6.18 Å². The molecule has 0 radical (unpaired) electrons. The molecule has 0 atom stereocenters. The van der Waals surface area contributed by atoms with Gasteiger partial charge in [-0.1, -0.05) is 0 Å². The Hall–Kier alpha value is -0.820. The maximum atomic E-state index is 12.9. The van der Waals surface area contributed by atoms with E-state index in [0.29, 0.717) is 0 Å². The molecule has 102 valence electrons. The van der Waals surface area contributed by atoms with E-state index in [1.807, 2.05) is 0 Å². The molecule has 1 aromatic heterocycles. The number of hydrogen-bond donors (Lipinski definition) is 1. The van der Waals surface area contributed by atoms with Crippen molar-refractivity contribution in [2.24, 2.45) is 0 Å². The highest BCUT2D eigenvalue weighted by molar-refractivity contribution is 9.10. The van der Waals surface area contributed by atoms with Gasteiger partial charge in [0.1, 0.15) is 5.82 Å². The van der Waals surface area contributed by atoms with Crippen molar-refractivity contribution in [3.05, 3.63) is 22.3 Å². The van der Waals surface area contributed by atoms with Crippen LogP contribution < -0.4 is 4.90 Å². The Morgan fingerprint density at radius 1 is 1.44 bits per heavy atom. The summed E-state index contributed by atoms with van der Waals surface area (Å²) < 4.78 is 39.1. The van der Waals surface area contributed by atoms with E-state index in [1.54, 1.807) is 13.8 Å². The van der Waals surface area contributed by atoms with Gasteiger partial charge < -0.3 is 10.0 Å². The van der Waals surface area contributed by atoms with Gasteiger partial charge in [-0.05, 0) is 35.8 Å². The molecule has 3 nitrogen and oxygen atoms in total. The highest BCUT2D eigenvalue weighted by Crippen LogP contribution is 2.37. The van der Waals surface area contributed by atoms with E-state index in [2.05, 4.69) is 20.9 Å². The number of aliphatic hydroxyl groups is 1. The molecule has 0 unspecified atom stereocenters. The molecule has 0 saturated heterocycles. The summed E-state index contributed by atoms with van der Waals surface area (Å²) >= 11 is 2.98. The summed E-state index contributed by atoms with van der Waals surface area (Å²) in [7, 11) is 0. The third-order valence-electron chi connectivity index (χ3n) is 2.37. The number of aliphatic hydroxyl groups excluding tert-OH is 1. The molecule has 0 aliphatic heterocycles. The van der Waals surface area contributed by atoms with Crippen LogP contribution in [0, 0.1) is 0 Å². The molecule has 0 saturated carbocycles. The molecule has 0 aromatic carbocycles. The zero-order valence-corrected chi connectivity index (χ0v) is 11.6. The molecule has 1 aromatic rings. The largest absolute Gasteiger partial charge is 0.419 e. The Morgan fingerprint density at radius 2 is 2.06 bits per heavy atom. The number of alkyl halides is 3. The first-order valence-corrected chi connectivity index (χ1v) is 6.17. The Bertz CT molecular complexity index is 410. The van der Waals surface area contributed by atoms with Gasteiger partial charge in [0.2, 0.25) is 0 Å². The van der Waals surface area contributed by atoms with E-state index in [4.69, 9.17) is 5.11 Å². The maximum absolute atomic E-state index is 12.9. The molecule has 0 spiro atoms. The van der Waals surface area contributed by atoms with Gasteiger partial charge in [0.05, 0.1) is 12.2 Å². The van der Waals surface area contributed by atoms with E-state index in [-0.39, 0.29) is 29.5 Å². The minimum Gasteiger partial charge on any atom is -0.395 e. The first-order chi connectivity index (χ1) is 8.27. The molecule has 0 amide bonds. The molecular weight excluding hydrogens is 313 g/mol. The fourth-order valence-corrected chi connectivity index (χ4v) is 1.92. The summed E-state index contributed by atoms with van der Waals surface area (Å²) in [6.07, 6.45) is -3.16. The van der Waals surface area contributed by atoms with Crippen molar-refractivity contribution in [2.75, 3.05) is 18.1 Å². The minimum atomic E-state index is -4.48. The van der Waals surface area contributed by atoms with Crippen LogP contribution in [-0.4, -0.2) is 29.3 Å². The third kappa shape index (κ3) is 3.58. The van der Waals surface area contributed by atoms with Crippen LogP contribution in [0.15, 0.2) is 16.7 Å². The van der Waals surface area contributed by atoms with Gasteiger partial charge in [-0.3, -0.25) is 0 Å². The van der Waals surface area contributed by atoms with E-state index in [1.165, 1.54) is 11.1 Å². The molecular formula is C11H14BrF3N2O. The SMILES string of the molecule is CC(C)N(CCO)c1ncc(Br)cc1C(F)(F)F. The predicted molar refractivity (Wildman–Crippen MR) is 66.5 cm³/mol. The standard InChI is InChI=1S/C11H14BrF3N2O/c1-7(2)17(3-4-18)10-9(11(13,14)15)5-8(12)6-16-10/h5-7,18H,3-4H2,1-2H3. The average molecular weight is 327 g/mol.